The summed E-state index contributed by atoms with van der Waals surface area (Å²) in [5.41, 5.74) is 0. The van der Waals surface area contributed by atoms with Gasteiger partial charge < -0.3 is 9.80 Å². The predicted molar refractivity (Wildman–Crippen MR) is 73.2 cm³/mol. The van der Waals surface area contributed by atoms with Crippen LogP contribution < -0.4 is 0 Å². The maximum atomic E-state index is 11.9. The van der Waals surface area contributed by atoms with E-state index in [1.54, 1.807) is 11.9 Å². The van der Waals surface area contributed by atoms with Gasteiger partial charge >= 0.3 is 0 Å². The molecule has 0 aromatic carbocycles. The lowest BCUT2D eigenvalue weighted by molar-refractivity contribution is -0.131. The molecule has 0 bridgehead atoms. The standard InChI is InChI=1S/C13H26N4O/c1-5-17(11-7-9-15(2)3)12-13(18)16(4)10-6-8-14/h5-7,9-12H2,1-4H3. The molecule has 0 aliphatic rings. The van der Waals surface area contributed by atoms with Crippen LogP contribution in [0.3, 0.4) is 0 Å². The van der Waals surface area contributed by atoms with Gasteiger partial charge in [-0.1, -0.05) is 6.92 Å². The molecule has 18 heavy (non-hydrogen) atoms. The monoisotopic (exact) mass is 254 g/mol. The van der Waals surface area contributed by atoms with E-state index in [9.17, 15) is 4.79 Å². The normalized spacial score (nSPS) is 10.7. The lowest BCUT2D eigenvalue weighted by atomic mass is 10.3. The minimum Gasteiger partial charge on any atom is -0.344 e. The fraction of sp³-hybridized carbons (Fsp3) is 0.846. The molecule has 0 unspecified atom stereocenters. The third kappa shape index (κ3) is 8.04. The molecular formula is C13H26N4O. The van der Waals surface area contributed by atoms with Crippen LogP contribution in [0, 0.1) is 11.3 Å². The molecule has 0 N–H and O–H groups in total. The van der Waals surface area contributed by atoms with Gasteiger partial charge in [-0.05, 0) is 40.2 Å². The van der Waals surface area contributed by atoms with Crippen LogP contribution in [0.25, 0.3) is 0 Å². The molecule has 0 saturated carbocycles. The van der Waals surface area contributed by atoms with Crippen LogP contribution >= 0.6 is 0 Å². The Morgan fingerprint density at radius 2 is 1.83 bits per heavy atom. The van der Waals surface area contributed by atoms with Gasteiger partial charge in [0.1, 0.15) is 0 Å². The Morgan fingerprint density at radius 3 is 2.33 bits per heavy atom. The second-order valence-corrected chi connectivity index (χ2v) is 4.75. The van der Waals surface area contributed by atoms with Gasteiger partial charge in [-0.2, -0.15) is 5.26 Å². The molecule has 0 fully saturated rings. The van der Waals surface area contributed by atoms with Gasteiger partial charge in [-0.25, -0.2) is 0 Å². The summed E-state index contributed by atoms with van der Waals surface area (Å²) in [6, 6.07) is 2.05. The van der Waals surface area contributed by atoms with E-state index < -0.39 is 0 Å². The van der Waals surface area contributed by atoms with Crippen LogP contribution in [0.15, 0.2) is 0 Å². The van der Waals surface area contributed by atoms with Crippen molar-refractivity contribution in [3.05, 3.63) is 0 Å². The van der Waals surface area contributed by atoms with Crippen molar-refractivity contribution in [2.75, 3.05) is 53.9 Å². The average Bonchev–Trinajstić information content (AvgIpc) is 2.33. The smallest absolute Gasteiger partial charge is 0.236 e. The van der Waals surface area contributed by atoms with Crippen molar-refractivity contribution in [3.8, 4) is 6.07 Å². The predicted octanol–water partition coefficient (Wildman–Crippen LogP) is 0.632. The molecule has 104 valence electrons. The number of amides is 1. The van der Waals surface area contributed by atoms with E-state index >= 15 is 0 Å². The van der Waals surface area contributed by atoms with E-state index in [4.69, 9.17) is 5.26 Å². The zero-order valence-corrected chi connectivity index (χ0v) is 12.1. The van der Waals surface area contributed by atoms with Crippen LogP contribution in [0.1, 0.15) is 19.8 Å². The summed E-state index contributed by atoms with van der Waals surface area (Å²) >= 11 is 0. The van der Waals surface area contributed by atoms with Crippen LogP contribution in [0.5, 0.6) is 0 Å². The Kier molecular flexibility index (Phi) is 9.25. The molecule has 0 spiro atoms. The molecule has 0 heterocycles. The Morgan fingerprint density at radius 1 is 1.17 bits per heavy atom. The number of hydrogen-bond acceptors (Lipinski definition) is 4. The van der Waals surface area contributed by atoms with E-state index in [0.29, 0.717) is 19.5 Å². The first kappa shape index (κ1) is 16.9. The van der Waals surface area contributed by atoms with Gasteiger partial charge in [0.2, 0.25) is 5.91 Å². The second-order valence-electron chi connectivity index (χ2n) is 4.75. The highest BCUT2D eigenvalue weighted by Crippen LogP contribution is 1.96. The number of rotatable bonds is 9. The molecule has 0 rings (SSSR count). The number of carbonyl (C=O) groups excluding carboxylic acids is 1. The molecule has 0 radical (unpaired) electrons. The molecular weight excluding hydrogens is 228 g/mol. The summed E-state index contributed by atoms with van der Waals surface area (Å²) in [4.78, 5) is 17.8. The van der Waals surface area contributed by atoms with Gasteiger partial charge in [0.15, 0.2) is 0 Å². The molecule has 1 amide bonds. The molecule has 0 atom stereocenters. The summed E-state index contributed by atoms with van der Waals surface area (Å²) in [6.07, 6.45) is 1.46. The fourth-order valence-corrected chi connectivity index (χ4v) is 1.61. The van der Waals surface area contributed by atoms with E-state index in [-0.39, 0.29) is 5.91 Å². The fourth-order valence-electron chi connectivity index (χ4n) is 1.61. The third-order valence-electron chi connectivity index (χ3n) is 2.87. The Bertz CT molecular complexity index is 273. The summed E-state index contributed by atoms with van der Waals surface area (Å²) < 4.78 is 0. The minimum atomic E-state index is 0.0944. The highest BCUT2D eigenvalue weighted by molar-refractivity contribution is 5.77. The minimum absolute atomic E-state index is 0.0944. The summed E-state index contributed by atoms with van der Waals surface area (Å²) in [5, 5.41) is 8.49. The number of carbonyl (C=O) groups is 1. The van der Waals surface area contributed by atoms with Crippen molar-refractivity contribution < 1.29 is 4.79 Å². The van der Waals surface area contributed by atoms with Crippen molar-refractivity contribution in [1.29, 1.82) is 5.26 Å². The number of nitriles is 1. The SMILES string of the molecule is CCN(CCCN(C)C)CC(=O)N(C)CCC#N. The lowest BCUT2D eigenvalue weighted by Gasteiger charge is -2.24. The zero-order chi connectivity index (χ0) is 14.0. The zero-order valence-electron chi connectivity index (χ0n) is 12.1. The van der Waals surface area contributed by atoms with Crippen LogP contribution in [0.2, 0.25) is 0 Å². The Hall–Kier alpha value is -1.12. The lowest BCUT2D eigenvalue weighted by Crippen LogP contribution is -2.39. The number of nitrogens with zero attached hydrogens (tertiary/aromatic N) is 4. The van der Waals surface area contributed by atoms with Crippen molar-refractivity contribution >= 4 is 5.91 Å². The molecule has 5 nitrogen and oxygen atoms in total. The first-order chi connectivity index (χ1) is 8.51. The molecule has 0 aliphatic carbocycles. The molecule has 5 heteroatoms. The van der Waals surface area contributed by atoms with Crippen molar-refractivity contribution in [1.82, 2.24) is 14.7 Å². The molecule has 0 aliphatic heterocycles. The first-order valence-electron chi connectivity index (χ1n) is 6.49. The van der Waals surface area contributed by atoms with E-state index in [2.05, 4.69) is 36.9 Å². The van der Waals surface area contributed by atoms with E-state index in [1.807, 2.05) is 0 Å². The van der Waals surface area contributed by atoms with Crippen molar-refractivity contribution in [2.45, 2.75) is 19.8 Å². The Balaban J connectivity index is 3.96. The van der Waals surface area contributed by atoms with E-state index in [1.165, 1.54) is 0 Å². The van der Waals surface area contributed by atoms with Crippen molar-refractivity contribution in [3.63, 3.8) is 0 Å². The molecule has 0 saturated heterocycles. The van der Waals surface area contributed by atoms with Crippen molar-refractivity contribution in [2.24, 2.45) is 0 Å². The Labute approximate surface area is 111 Å². The quantitative estimate of drug-likeness (QED) is 0.605. The highest BCUT2D eigenvalue weighted by atomic mass is 16.2. The van der Waals surface area contributed by atoms with Gasteiger partial charge in [0, 0.05) is 13.6 Å². The van der Waals surface area contributed by atoms with Crippen LogP contribution in [-0.2, 0) is 4.79 Å². The largest absolute Gasteiger partial charge is 0.344 e. The van der Waals surface area contributed by atoms with Gasteiger partial charge in [0.05, 0.1) is 19.0 Å². The van der Waals surface area contributed by atoms with Crippen LogP contribution in [-0.4, -0.2) is 74.5 Å². The van der Waals surface area contributed by atoms with Gasteiger partial charge in [-0.15, -0.1) is 0 Å². The first-order valence-corrected chi connectivity index (χ1v) is 6.49. The summed E-state index contributed by atoms with van der Waals surface area (Å²) in [6.45, 7) is 5.89. The number of likely N-dealkylation sites (N-methyl/N-ethyl adjacent to an activating group) is 2. The van der Waals surface area contributed by atoms with Crippen LogP contribution in [0.4, 0.5) is 0 Å². The van der Waals surface area contributed by atoms with Gasteiger partial charge in [-0.3, -0.25) is 9.69 Å². The molecule has 0 aromatic heterocycles. The summed E-state index contributed by atoms with van der Waals surface area (Å²) in [5.74, 6) is 0.0944. The molecule has 0 aromatic rings. The maximum absolute atomic E-state index is 11.9. The highest BCUT2D eigenvalue weighted by Gasteiger charge is 2.12. The van der Waals surface area contributed by atoms with E-state index in [0.717, 1.165) is 26.1 Å². The second kappa shape index (κ2) is 9.86. The third-order valence-corrected chi connectivity index (χ3v) is 2.87. The topological polar surface area (TPSA) is 50.6 Å². The maximum Gasteiger partial charge on any atom is 0.236 e. The number of hydrogen-bond donors (Lipinski definition) is 0. The van der Waals surface area contributed by atoms with Gasteiger partial charge in [0.25, 0.3) is 0 Å². The average molecular weight is 254 g/mol. The summed E-state index contributed by atoms with van der Waals surface area (Å²) in [7, 11) is 5.86.